The zero-order valence-corrected chi connectivity index (χ0v) is 16.7. The van der Waals surface area contributed by atoms with Gasteiger partial charge in [0.05, 0.1) is 6.54 Å². The second kappa shape index (κ2) is 8.77. The number of anilines is 1. The van der Waals surface area contributed by atoms with Crippen molar-refractivity contribution in [1.82, 2.24) is 20.4 Å². The highest BCUT2D eigenvalue weighted by Gasteiger charge is 2.33. The van der Waals surface area contributed by atoms with Crippen LogP contribution >= 0.6 is 0 Å². The minimum atomic E-state index is -0.356. The molecule has 0 aliphatic carbocycles. The van der Waals surface area contributed by atoms with Crippen molar-refractivity contribution >= 4 is 17.6 Å². The SMILES string of the molecule is Cc1cccc(NC(=O)NCc2nc([C@@H]3CC(=O)N(Cc4ccccc4)C3)no2)c1. The lowest BCUT2D eigenvalue weighted by Gasteiger charge is -2.15. The zero-order valence-electron chi connectivity index (χ0n) is 16.7. The van der Waals surface area contributed by atoms with Gasteiger partial charge in [-0.15, -0.1) is 0 Å². The van der Waals surface area contributed by atoms with Crippen LogP contribution in [0.15, 0.2) is 59.1 Å². The molecular weight excluding hydrogens is 382 g/mol. The summed E-state index contributed by atoms with van der Waals surface area (Å²) in [7, 11) is 0. The quantitative estimate of drug-likeness (QED) is 0.656. The Labute approximate surface area is 174 Å². The first kappa shape index (κ1) is 19.6. The third-order valence-electron chi connectivity index (χ3n) is 4.96. The molecule has 0 unspecified atom stereocenters. The molecule has 1 aromatic heterocycles. The highest BCUT2D eigenvalue weighted by molar-refractivity contribution is 5.89. The van der Waals surface area contributed by atoms with Crippen LogP contribution in [0.25, 0.3) is 0 Å². The Bertz CT molecular complexity index is 1030. The van der Waals surface area contributed by atoms with Crippen LogP contribution in [-0.4, -0.2) is 33.5 Å². The van der Waals surface area contributed by atoms with Gasteiger partial charge in [-0.05, 0) is 30.2 Å². The number of carbonyl (C=O) groups excluding carboxylic acids is 2. The number of aromatic nitrogens is 2. The average molecular weight is 405 g/mol. The number of hydrogen-bond donors (Lipinski definition) is 2. The molecule has 8 nitrogen and oxygen atoms in total. The number of likely N-dealkylation sites (tertiary alicyclic amines) is 1. The molecule has 0 spiro atoms. The summed E-state index contributed by atoms with van der Waals surface area (Å²) >= 11 is 0. The molecule has 30 heavy (non-hydrogen) atoms. The van der Waals surface area contributed by atoms with E-state index in [9.17, 15) is 9.59 Å². The van der Waals surface area contributed by atoms with Crippen LogP contribution in [0.2, 0.25) is 0 Å². The van der Waals surface area contributed by atoms with E-state index in [1.165, 1.54) is 0 Å². The number of benzene rings is 2. The molecule has 1 aliphatic rings. The number of rotatable bonds is 6. The van der Waals surface area contributed by atoms with Gasteiger partial charge in [0.15, 0.2) is 5.82 Å². The summed E-state index contributed by atoms with van der Waals surface area (Å²) in [6.45, 7) is 3.19. The fraction of sp³-hybridized carbons (Fsp3) is 0.273. The molecule has 0 radical (unpaired) electrons. The van der Waals surface area contributed by atoms with Crippen LogP contribution in [0.3, 0.4) is 0 Å². The van der Waals surface area contributed by atoms with E-state index in [1.807, 2.05) is 66.4 Å². The maximum Gasteiger partial charge on any atom is 0.319 e. The number of carbonyl (C=O) groups is 2. The minimum Gasteiger partial charge on any atom is -0.338 e. The van der Waals surface area contributed by atoms with Crippen molar-refractivity contribution in [1.29, 1.82) is 0 Å². The highest BCUT2D eigenvalue weighted by atomic mass is 16.5. The van der Waals surface area contributed by atoms with E-state index in [-0.39, 0.29) is 24.4 Å². The second-order valence-corrected chi connectivity index (χ2v) is 7.38. The third kappa shape index (κ3) is 4.83. The number of nitrogens with zero attached hydrogens (tertiary/aromatic N) is 3. The van der Waals surface area contributed by atoms with E-state index in [1.54, 1.807) is 0 Å². The molecule has 3 aromatic rings. The van der Waals surface area contributed by atoms with E-state index >= 15 is 0 Å². The number of nitrogens with one attached hydrogen (secondary N) is 2. The molecule has 1 fully saturated rings. The molecule has 154 valence electrons. The molecular formula is C22H23N5O3. The maximum absolute atomic E-state index is 12.4. The van der Waals surface area contributed by atoms with Gasteiger partial charge in [0.1, 0.15) is 0 Å². The second-order valence-electron chi connectivity index (χ2n) is 7.38. The molecule has 8 heteroatoms. The van der Waals surface area contributed by atoms with Crippen molar-refractivity contribution in [3.8, 4) is 0 Å². The zero-order chi connectivity index (χ0) is 20.9. The smallest absolute Gasteiger partial charge is 0.319 e. The fourth-order valence-electron chi connectivity index (χ4n) is 3.46. The number of urea groups is 1. The van der Waals surface area contributed by atoms with Gasteiger partial charge in [0, 0.05) is 31.1 Å². The normalized spacial score (nSPS) is 16.0. The Kier molecular flexibility index (Phi) is 5.74. The van der Waals surface area contributed by atoms with Gasteiger partial charge in [0.25, 0.3) is 0 Å². The van der Waals surface area contributed by atoms with Crippen LogP contribution in [0, 0.1) is 6.92 Å². The van der Waals surface area contributed by atoms with Crippen LogP contribution < -0.4 is 10.6 Å². The molecule has 4 rings (SSSR count). The molecule has 2 heterocycles. The van der Waals surface area contributed by atoms with E-state index in [0.717, 1.165) is 11.1 Å². The Hall–Kier alpha value is -3.68. The van der Waals surface area contributed by atoms with E-state index in [4.69, 9.17) is 4.52 Å². The summed E-state index contributed by atoms with van der Waals surface area (Å²) in [5, 5.41) is 9.47. The average Bonchev–Trinajstić information content (AvgIpc) is 3.34. The van der Waals surface area contributed by atoms with Crippen molar-refractivity contribution in [2.75, 3.05) is 11.9 Å². The summed E-state index contributed by atoms with van der Waals surface area (Å²) in [5.41, 5.74) is 2.85. The topological polar surface area (TPSA) is 100 Å². The van der Waals surface area contributed by atoms with E-state index in [2.05, 4.69) is 20.8 Å². The van der Waals surface area contributed by atoms with Crippen LogP contribution in [0.1, 0.15) is 35.2 Å². The molecule has 1 saturated heterocycles. The van der Waals surface area contributed by atoms with Gasteiger partial charge < -0.3 is 20.1 Å². The number of amides is 3. The van der Waals surface area contributed by atoms with Crippen molar-refractivity contribution in [2.24, 2.45) is 0 Å². The number of hydrogen-bond acceptors (Lipinski definition) is 5. The van der Waals surface area contributed by atoms with Crippen LogP contribution in [0.4, 0.5) is 10.5 Å². The first-order valence-electron chi connectivity index (χ1n) is 9.82. The first-order valence-corrected chi connectivity index (χ1v) is 9.82. The van der Waals surface area contributed by atoms with Crippen LogP contribution in [0.5, 0.6) is 0 Å². The molecule has 0 saturated carbocycles. The van der Waals surface area contributed by atoms with Crippen molar-refractivity contribution < 1.29 is 14.1 Å². The van der Waals surface area contributed by atoms with E-state index in [0.29, 0.717) is 36.9 Å². The summed E-state index contributed by atoms with van der Waals surface area (Å²) in [6, 6.07) is 17.0. The Balaban J connectivity index is 1.29. The van der Waals surface area contributed by atoms with Crippen LogP contribution in [-0.2, 0) is 17.9 Å². The maximum atomic E-state index is 12.4. The highest BCUT2D eigenvalue weighted by Crippen LogP contribution is 2.27. The van der Waals surface area contributed by atoms with E-state index < -0.39 is 0 Å². The Morgan fingerprint density at radius 3 is 2.83 bits per heavy atom. The summed E-state index contributed by atoms with van der Waals surface area (Å²) in [5.74, 6) is 0.763. The lowest BCUT2D eigenvalue weighted by atomic mass is 10.1. The van der Waals surface area contributed by atoms with Gasteiger partial charge >= 0.3 is 6.03 Å². The van der Waals surface area contributed by atoms with Gasteiger partial charge in [-0.3, -0.25) is 4.79 Å². The first-order chi connectivity index (χ1) is 14.6. The van der Waals surface area contributed by atoms with Crippen molar-refractivity contribution in [3.63, 3.8) is 0 Å². The predicted molar refractivity (Wildman–Crippen MR) is 111 cm³/mol. The summed E-state index contributed by atoms with van der Waals surface area (Å²) in [6.07, 6.45) is 0.354. The van der Waals surface area contributed by atoms with Crippen molar-refractivity contribution in [3.05, 3.63) is 77.4 Å². The van der Waals surface area contributed by atoms with Crippen molar-refractivity contribution in [2.45, 2.75) is 32.4 Å². The Morgan fingerprint density at radius 1 is 1.20 bits per heavy atom. The molecule has 1 aliphatic heterocycles. The van der Waals surface area contributed by atoms with Gasteiger partial charge in [-0.25, -0.2) is 4.79 Å². The molecule has 3 amide bonds. The van der Waals surface area contributed by atoms with Gasteiger partial charge in [0.2, 0.25) is 11.8 Å². The predicted octanol–water partition coefficient (Wildman–Crippen LogP) is 3.22. The molecule has 2 N–H and O–H groups in total. The summed E-state index contributed by atoms with van der Waals surface area (Å²) < 4.78 is 5.25. The summed E-state index contributed by atoms with van der Waals surface area (Å²) in [4.78, 5) is 30.6. The largest absolute Gasteiger partial charge is 0.338 e. The molecule has 0 bridgehead atoms. The Morgan fingerprint density at radius 2 is 2.03 bits per heavy atom. The third-order valence-corrected chi connectivity index (χ3v) is 4.96. The van der Waals surface area contributed by atoms with Gasteiger partial charge in [-0.1, -0.05) is 47.6 Å². The van der Waals surface area contributed by atoms with Gasteiger partial charge in [-0.2, -0.15) is 4.98 Å². The lowest BCUT2D eigenvalue weighted by molar-refractivity contribution is -0.128. The lowest BCUT2D eigenvalue weighted by Crippen LogP contribution is -2.28. The number of aryl methyl sites for hydroxylation is 1. The minimum absolute atomic E-state index is 0.0749. The molecule has 2 aromatic carbocycles. The standard InChI is InChI=1S/C22H23N5O3/c1-15-6-5-9-18(10-15)24-22(29)23-12-19-25-21(26-30-19)17-11-20(28)27(14-17)13-16-7-3-2-4-8-16/h2-10,17H,11-14H2,1H3,(H2,23,24,29)/t17-/m1/s1. The molecule has 1 atom stereocenters. The monoisotopic (exact) mass is 405 g/mol. The fourth-order valence-corrected chi connectivity index (χ4v) is 3.46.